The molecule has 2 saturated heterocycles. The van der Waals surface area contributed by atoms with Crippen LogP contribution in [0, 0.1) is 0 Å². The normalized spacial score (nSPS) is 37.1. The Morgan fingerprint density at radius 2 is 1.93 bits per heavy atom. The Balaban J connectivity index is 1.35. The molecule has 4 unspecified atom stereocenters. The smallest absolute Gasteiger partial charge is 0.317 e. The third-order valence-corrected chi connectivity index (χ3v) is 6.07. The van der Waals surface area contributed by atoms with E-state index in [9.17, 15) is 4.79 Å². The molecule has 8 nitrogen and oxygen atoms in total. The van der Waals surface area contributed by atoms with Crippen molar-refractivity contribution < 1.29 is 9.53 Å². The number of nitrogens with one attached hydrogen (secondary N) is 6. The lowest BCUT2D eigenvalue weighted by Gasteiger charge is -2.37. The van der Waals surface area contributed by atoms with Crippen molar-refractivity contribution in [3.8, 4) is 0 Å². The lowest BCUT2D eigenvalue weighted by Crippen LogP contribution is -2.68. The van der Waals surface area contributed by atoms with Gasteiger partial charge in [-0.15, -0.1) is 0 Å². The van der Waals surface area contributed by atoms with Gasteiger partial charge in [0.25, 0.3) is 0 Å². The highest BCUT2D eigenvalue weighted by atomic mass is 16.5. The molecular formula is C19H38N6O2. The van der Waals surface area contributed by atoms with E-state index in [1.165, 1.54) is 12.8 Å². The predicted octanol–water partition coefficient (Wildman–Crippen LogP) is 0.556. The largest absolute Gasteiger partial charge is 0.381 e. The summed E-state index contributed by atoms with van der Waals surface area (Å²) in [4.78, 5) is 12.4. The van der Waals surface area contributed by atoms with Gasteiger partial charge in [-0.1, -0.05) is 0 Å². The number of hydrogen-bond donors (Lipinski definition) is 6. The highest BCUT2D eigenvalue weighted by Crippen LogP contribution is 2.20. The second-order valence-electron chi connectivity index (χ2n) is 8.32. The summed E-state index contributed by atoms with van der Waals surface area (Å²) in [6.45, 7) is 4.30. The number of urea groups is 1. The summed E-state index contributed by atoms with van der Waals surface area (Å²) in [5.41, 5.74) is 0. The van der Waals surface area contributed by atoms with Gasteiger partial charge in [0.05, 0.1) is 12.3 Å². The number of amides is 2. The minimum atomic E-state index is -0.217. The van der Waals surface area contributed by atoms with Crippen LogP contribution in [0.3, 0.4) is 0 Å². The number of hydrogen-bond acceptors (Lipinski definition) is 6. The predicted molar refractivity (Wildman–Crippen MR) is 106 cm³/mol. The lowest BCUT2D eigenvalue weighted by molar-refractivity contribution is 0.0633. The van der Waals surface area contributed by atoms with Crippen LogP contribution >= 0.6 is 0 Å². The van der Waals surface area contributed by atoms with Crippen molar-refractivity contribution in [1.29, 1.82) is 0 Å². The van der Waals surface area contributed by atoms with Gasteiger partial charge in [-0.3, -0.25) is 10.6 Å². The monoisotopic (exact) mass is 382 g/mol. The Hall–Kier alpha value is -0.930. The molecule has 0 spiro atoms. The first-order chi connectivity index (χ1) is 13.1. The fourth-order valence-corrected chi connectivity index (χ4v) is 4.48. The summed E-state index contributed by atoms with van der Waals surface area (Å²) in [5, 5.41) is 20.1. The Bertz CT molecular complexity index is 451. The molecule has 3 rings (SSSR count). The summed E-state index contributed by atoms with van der Waals surface area (Å²) in [6, 6.07) is 1.13. The van der Waals surface area contributed by atoms with E-state index in [-0.39, 0.29) is 24.5 Å². The molecule has 6 N–H and O–H groups in total. The van der Waals surface area contributed by atoms with Crippen LogP contribution in [0.15, 0.2) is 0 Å². The molecule has 0 aromatic heterocycles. The molecule has 4 atom stereocenters. The average Bonchev–Trinajstić information content (AvgIpc) is 3.15. The highest BCUT2D eigenvalue weighted by molar-refractivity contribution is 5.74. The van der Waals surface area contributed by atoms with Crippen LogP contribution in [0.25, 0.3) is 0 Å². The molecule has 156 valence electrons. The van der Waals surface area contributed by atoms with E-state index in [4.69, 9.17) is 4.74 Å². The summed E-state index contributed by atoms with van der Waals surface area (Å²) in [7, 11) is 1.77. The maximum Gasteiger partial charge on any atom is 0.317 e. The molecule has 0 aromatic rings. The number of ether oxygens (including phenoxy) is 1. The molecule has 2 aliphatic heterocycles. The fourth-order valence-electron chi connectivity index (χ4n) is 4.48. The Labute approximate surface area is 163 Å². The number of rotatable bonds is 7. The van der Waals surface area contributed by atoms with Gasteiger partial charge in [-0.05, 0) is 71.4 Å². The minimum Gasteiger partial charge on any atom is -0.381 e. The quantitative estimate of drug-likeness (QED) is 0.385. The van der Waals surface area contributed by atoms with E-state index in [0.717, 1.165) is 51.6 Å². The number of methoxy groups -OCH3 is 1. The van der Waals surface area contributed by atoms with E-state index >= 15 is 0 Å². The average molecular weight is 383 g/mol. The fraction of sp³-hybridized carbons (Fsp3) is 0.947. The lowest BCUT2D eigenvalue weighted by atomic mass is 9.93. The van der Waals surface area contributed by atoms with E-state index in [1.54, 1.807) is 7.11 Å². The Morgan fingerprint density at radius 1 is 1.11 bits per heavy atom. The molecule has 2 amide bonds. The molecule has 0 radical (unpaired) electrons. The summed E-state index contributed by atoms with van der Waals surface area (Å²) in [5.74, 6) is 0. The third-order valence-electron chi connectivity index (χ3n) is 6.07. The molecule has 3 fully saturated rings. The maximum absolute atomic E-state index is 12.4. The zero-order valence-corrected chi connectivity index (χ0v) is 16.9. The summed E-state index contributed by atoms with van der Waals surface area (Å²) < 4.78 is 5.39. The van der Waals surface area contributed by atoms with Gasteiger partial charge in [0.15, 0.2) is 0 Å². The summed E-state index contributed by atoms with van der Waals surface area (Å²) >= 11 is 0. The van der Waals surface area contributed by atoms with E-state index in [2.05, 4.69) is 38.8 Å². The third kappa shape index (κ3) is 6.87. The van der Waals surface area contributed by atoms with Crippen molar-refractivity contribution in [3.05, 3.63) is 0 Å². The van der Waals surface area contributed by atoms with Gasteiger partial charge in [0, 0.05) is 25.2 Å². The highest BCUT2D eigenvalue weighted by Gasteiger charge is 2.27. The van der Waals surface area contributed by atoms with Crippen molar-refractivity contribution in [2.24, 2.45) is 0 Å². The van der Waals surface area contributed by atoms with Crippen LogP contribution in [0.5, 0.6) is 0 Å². The van der Waals surface area contributed by atoms with Crippen LogP contribution in [0.4, 0.5) is 4.79 Å². The molecule has 2 heterocycles. The number of carbonyl (C=O) groups is 1. The SMILES string of the molecule is COC1CCC(NC(=O)NC2NC(C)CC(NCCC3CCCN3)N2)CC1. The van der Waals surface area contributed by atoms with Crippen LogP contribution in [-0.4, -0.2) is 62.9 Å². The van der Waals surface area contributed by atoms with Crippen LogP contribution in [0.2, 0.25) is 0 Å². The van der Waals surface area contributed by atoms with Crippen LogP contribution in [0.1, 0.15) is 58.3 Å². The van der Waals surface area contributed by atoms with Gasteiger partial charge < -0.3 is 26.0 Å². The van der Waals surface area contributed by atoms with Crippen molar-refractivity contribution >= 4 is 6.03 Å². The Kier molecular flexibility index (Phi) is 8.14. The first-order valence-corrected chi connectivity index (χ1v) is 10.7. The first-order valence-electron chi connectivity index (χ1n) is 10.7. The van der Waals surface area contributed by atoms with E-state index < -0.39 is 0 Å². The maximum atomic E-state index is 12.4. The molecule has 8 heteroatoms. The van der Waals surface area contributed by atoms with Crippen molar-refractivity contribution in [2.45, 2.75) is 95.0 Å². The minimum absolute atomic E-state index is 0.108. The van der Waals surface area contributed by atoms with Crippen molar-refractivity contribution in [1.82, 2.24) is 31.9 Å². The summed E-state index contributed by atoms with van der Waals surface area (Å²) in [6.07, 6.45) is 9.06. The van der Waals surface area contributed by atoms with Gasteiger partial charge in [-0.25, -0.2) is 4.79 Å². The number of carbonyl (C=O) groups excluding carboxylic acids is 1. The topological polar surface area (TPSA) is 98.5 Å². The van der Waals surface area contributed by atoms with Crippen molar-refractivity contribution in [2.75, 3.05) is 20.2 Å². The van der Waals surface area contributed by atoms with Gasteiger partial charge in [0.1, 0.15) is 6.29 Å². The zero-order chi connectivity index (χ0) is 19.1. The molecule has 3 aliphatic rings. The molecule has 0 bridgehead atoms. The molecular weight excluding hydrogens is 344 g/mol. The van der Waals surface area contributed by atoms with Crippen LogP contribution < -0.4 is 31.9 Å². The Morgan fingerprint density at radius 3 is 2.63 bits per heavy atom. The zero-order valence-electron chi connectivity index (χ0n) is 16.9. The second-order valence-corrected chi connectivity index (χ2v) is 8.32. The second kappa shape index (κ2) is 10.6. The van der Waals surface area contributed by atoms with Crippen LogP contribution in [-0.2, 0) is 4.74 Å². The molecule has 1 saturated carbocycles. The van der Waals surface area contributed by atoms with Gasteiger partial charge in [-0.2, -0.15) is 0 Å². The van der Waals surface area contributed by atoms with E-state index in [0.29, 0.717) is 18.2 Å². The molecule has 27 heavy (non-hydrogen) atoms. The van der Waals surface area contributed by atoms with Gasteiger partial charge >= 0.3 is 6.03 Å². The molecule has 1 aliphatic carbocycles. The standard InChI is InChI=1S/C19H38N6O2/c1-13-12-17(21-11-9-14-4-3-10-20-14)24-18(22-13)25-19(26)23-15-5-7-16(27-2)8-6-15/h13-18,20-22,24H,3-12H2,1-2H3,(H2,23,25,26). The van der Waals surface area contributed by atoms with E-state index in [1.807, 2.05) is 0 Å². The molecule has 0 aromatic carbocycles. The first kappa shape index (κ1) is 20.8. The van der Waals surface area contributed by atoms with Crippen molar-refractivity contribution in [3.63, 3.8) is 0 Å². The van der Waals surface area contributed by atoms with Gasteiger partial charge in [0.2, 0.25) is 0 Å².